The van der Waals surface area contributed by atoms with E-state index in [1.807, 2.05) is 20.8 Å². The predicted octanol–water partition coefficient (Wildman–Crippen LogP) is 3.04. The number of nitrogens with one attached hydrogen (secondary N) is 1. The number of anilines is 1. The van der Waals surface area contributed by atoms with Gasteiger partial charge in [-0.3, -0.25) is 4.90 Å². The number of esters is 1. The molecule has 0 saturated carbocycles. The second kappa shape index (κ2) is 10.4. The van der Waals surface area contributed by atoms with Gasteiger partial charge in [0.25, 0.3) is 0 Å². The summed E-state index contributed by atoms with van der Waals surface area (Å²) in [6.45, 7) is 10.5. The van der Waals surface area contributed by atoms with Crippen molar-refractivity contribution in [2.45, 2.75) is 39.2 Å². The maximum Gasteiger partial charge on any atom is 0.407 e. The van der Waals surface area contributed by atoms with Crippen LogP contribution in [0.25, 0.3) is 0 Å². The van der Waals surface area contributed by atoms with Crippen LogP contribution in [0.5, 0.6) is 0 Å². The molecular formula is C21H32FN3O4. The van der Waals surface area contributed by atoms with E-state index in [0.29, 0.717) is 6.54 Å². The van der Waals surface area contributed by atoms with Crippen molar-refractivity contribution in [1.82, 2.24) is 10.2 Å². The molecule has 1 N–H and O–H groups in total. The van der Waals surface area contributed by atoms with Gasteiger partial charge in [-0.15, -0.1) is 0 Å². The number of unbranched alkanes of at least 4 members (excludes halogenated alkanes) is 1. The number of nitrogens with zero attached hydrogens (tertiary/aromatic N) is 2. The van der Waals surface area contributed by atoms with Gasteiger partial charge in [-0.05, 0) is 58.4 Å². The van der Waals surface area contributed by atoms with Crippen LogP contribution in [0.2, 0.25) is 0 Å². The normalized spacial score (nSPS) is 15.1. The van der Waals surface area contributed by atoms with E-state index < -0.39 is 17.4 Å². The molecule has 0 aliphatic carbocycles. The van der Waals surface area contributed by atoms with Crippen molar-refractivity contribution in [3.63, 3.8) is 0 Å². The second-order valence-electron chi connectivity index (χ2n) is 8.12. The molecule has 1 aromatic rings. The third kappa shape index (κ3) is 7.53. The Labute approximate surface area is 172 Å². The van der Waals surface area contributed by atoms with Gasteiger partial charge in [0.2, 0.25) is 0 Å². The average Bonchev–Trinajstić information content (AvgIpc) is 2.66. The third-order valence-corrected chi connectivity index (χ3v) is 4.66. The third-order valence-electron chi connectivity index (χ3n) is 4.66. The first-order chi connectivity index (χ1) is 13.7. The summed E-state index contributed by atoms with van der Waals surface area (Å²) in [5, 5.41) is 2.77. The molecule has 0 atom stereocenters. The largest absolute Gasteiger partial charge is 0.465 e. The molecule has 7 nitrogen and oxygen atoms in total. The van der Waals surface area contributed by atoms with Gasteiger partial charge in [-0.25, -0.2) is 14.0 Å². The van der Waals surface area contributed by atoms with Crippen LogP contribution in [0.1, 0.15) is 44.0 Å². The lowest BCUT2D eigenvalue weighted by Crippen LogP contribution is -2.46. The van der Waals surface area contributed by atoms with E-state index in [4.69, 9.17) is 4.74 Å². The van der Waals surface area contributed by atoms with E-state index in [1.165, 1.54) is 19.2 Å². The number of hydrogen-bond donors (Lipinski definition) is 1. The SMILES string of the molecule is COC(=O)c1ccc(N2CCN(CCCCNC(=O)OC(C)(C)C)CC2)cc1F. The number of rotatable bonds is 7. The van der Waals surface area contributed by atoms with E-state index in [2.05, 4.69) is 19.9 Å². The lowest BCUT2D eigenvalue weighted by atomic mass is 10.1. The topological polar surface area (TPSA) is 71.1 Å². The number of methoxy groups -OCH3 is 1. The minimum absolute atomic E-state index is 0.0464. The highest BCUT2D eigenvalue weighted by Crippen LogP contribution is 2.21. The van der Waals surface area contributed by atoms with Crippen molar-refractivity contribution in [2.75, 3.05) is 51.3 Å². The van der Waals surface area contributed by atoms with Crippen molar-refractivity contribution in [2.24, 2.45) is 0 Å². The lowest BCUT2D eigenvalue weighted by Gasteiger charge is -2.36. The van der Waals surface area contributed by atoms with E-state index >= 15 is 0 Å². The van der Waals surface area contributed by atoms with E-state index in [9.17, 15) is 14.0 Å². The molecule has 1 heterocycles. The number of hydrogen-bond acceptors (Lipinski definition) is 6. The highest BCUT2D eigenvalue weighted by Gasteiger charge is 2.20. The van der Waals surface area contributed by atoms with Crippen LogP contribution in [0.4, 0.5) is 14.9 Å². The summed E-state index contributed by atoms with van der Waals surface area (Å²) in [5.41, 5.74) is 0.248. The molecule has 0 radical (unpaired) electrons. The number of carbonyl (C=O) groups is 2. The molecule has 0 spiro atoms. The molecule has 0 bridgehead atoms. The molecule has 162 valence electrons. The van der Waals surface area contributed by atoms with Crippen LogP contribution >= 0.6 is 0 Å². The van der Waals surface area contributed by atoms with Crippen LogP contribution < -0.4 is 10.2 Å². The number of ether oxygens (including phenoxy) is 2. The fourth-order valence-electron chi connectivity index (χ4n) is 3.17. The zero-order valence-corrected chi connectivity index (χ0v) is 17.8. The Morgan fingerprint density at radius 2 is 1.83 bits per heavy atom. The van der Waals surface area contributed by atoms with Gasteiger partial charge in [-0.2, -0.15) is 0 Å². The monoisotopic (exact) mass is 409 g/mol. The van der Waals surface area contributed by atoms with Gasteiger partial charge in [-0.1, -0.05) is 0 Å². The fraction of sp³-hybridized carbons (Fsp3) is 0.619. The number of amides is 1. The van der Waals surface area contributed by atoms with Crippen LogP contribution in [-0.4, -0.2) is 68.9 Å². The first-order valence-corrected chi connectivity index (χ1v) is 10.0. The Morgan fingerprint density at radius 1 is 1.14 bits per heavy atom. The average molecular weight is 410 g/mol. The van der Waals surface area contributed by atoms with Gasteiger partial charge in [0.15, 0.2) is 0 Å². The summed E-state index contributed by atoms with van der Waals surface area (Å²) in [6.07, 6.45) is 1.49. The number of halogens is 1. The second-order valence-corrected chi connectivity index (χ2v) is 8.12. The van der Waals surface area contributed by atoms with Crippen LogP contribution in [0, 0.1) is 5.82 Å². The molecule has 1 fully saturated rings. The fourth-order valence-corrected chi connectivity index (χ4v) is 3.17. The van der Waals surface area contributed by atoms with Crippen LogP contribution in [0.3, 0.4) is 0 Å². The lowest BCUT2D eigenvalue weighted by molar-refractivity contribution is 0.0525. The van der Waals surface area contributed by atoms with Crippen molar-refractivity contribution in [3.8, 4) is 0 Å². The minimum atomic E-state index is -0.667. The number of benzene rings is 1. The van der Waals surface area contributed by atoms with E-state index in [0.717, 1.165) is 51.3 Å². The zero-order valence-electron chi connectivity index (χ0n) is 17.8. The van der Waals surface area contributed by atoms with Gasteiger partial charge in [0, 0.05) is 38.4 Å². The molecule has 1 aromatic carbocycles. The van der Waals surface area contributed by atoms with Crippen molar-refractivity contribution in [1.29, 1.82) is 0 Å². The van der Waals surface area contributed by atoms with E-state index in [-0.39, 0.29) is 11.7 Å². The molecule has 8 heteroatoms. The standard InChI is InChI=1S/C21H32FN3O4/c1-21(2,3)29-20(27)23-9-5-6-10-24-11-13-25(14-12-24)16-7-8-17(18(22)15-16)19(26)28-4/h7-8,15H,5-6,9-14H2,1-4H3,(H,23,27). The Balaban J connectivity index is 1.67. The smallest absolute Gasteiger partial charge is 0.407 e. The van der Waals surface area contributed by atoms with Crippen molar-refractivity contribution >= 4 is 17.7 Å². The Morgan fingerprint density at radius 3 is 2.41 bits per heavy atom. The van der Waals surface area contributed by atoms with Crippen LogP contribution in [0.15, 0.2) is 18.2 Å². The van der Waals surface area contributed by atoms with E-state index in [1.54, 1.807) is 6.07 Å². The molecule has 0 unspecified atom stereocenters. The maximum absolute atomic E-state index is 14.1. The Hall–Kier alpha value is -2.35. The molecule has 1 aliphatic rings. The number of piperazine rings is 1. The van der Waals surface area contributed by atoms with Crippen LogP contribution in [-0.2, 0) is 9.47 Å². The number of carbonyl (C=O) groups excluding carboxylic acids is 2. The summed E-state index contributed by atoms with van der Waals surface area (Å²) >= 11 is 0. The molecule has 1 saturated heterocycles. The molecule has 29 heavy (non-hydrogen) atoms. The summed E-state index contributed by atoms with van der Waals surface area (Å²) in [7, 11) is 1.24. The molecule has 2 rings (SSSR count). The van der Waals surface area contributed by atoms with Gasteiger partial charge in [0.05, 0.1) is 12.7 Å². The first-order valence-electron chi connectivity index (χ1n) is 10.0. The highest BCUT2D eigenvalue weighted by molar-refractivity contribution is 5.90. The van der Waals surface area contributed by atoms with Gasteiger partial charge < -0.3 is 19.7 Å². The predicted molar refractivity (Wildman–Crippen MR) is 110 cm³/mol. The summed E-state index contributed by atoms with van der Waals surface area (Å²) in [5.74, 6) is -1.23. The Bertz CT molecular complexity index is 698. The summed E-state index contributed by atoms with van der Waals surface area (Å²) in [6, 6.07) is 4.62. The zero-order chi connectivity index (χ0) is 21.4. The first kappa shape index (κ1) is 22.9. The highest BCUT2D eigenvalue weighted by atomic mass is 19.1. The molecule has 0 aromatic heterocycles. The minimum Gasteiger partial charge on any atom is -0.465 e. The van der Waals surface area contributed by atoms with Crippen molar-refractivity contribution < 1.29 is 23.5 Å². The number of alkyl carbamates (subject to hydrolysis) is 1. The molecule has 1 aliphatic heterocycles. The van der Waals surface area contributed by atoms with Crippen molar-refractivity contribution in [3.05, 3.63) is 29.6 Å². The molecule has 1 amide bonds. The van der Waals surface area contributed by atoms with Gasteiger partial charge in [0.1, 0.15) is 11.4 Å². The van der Waals surface area contributed by atoms with Gasteiger partial charge >= 0.3 is 12.1 Å². The maximum atomic E-state index is 14.1. The quantitative estimate of drug-likeness (QED) is 0.551. The summed E-state index contributed by atoms with van der Waals surface area (Å²) in [4.78, 5) is 27.6. The molecular weight excluding hydrogens is 377 g/mol. The summed E-state index contributed by atoms with van der Waals surface area (Å²) < 4.78 is 23.9. The Kier molecular flexibility index (Phi) is 8.25.